The number of benzene rings is 2. The average Bonchev–Trinajstić information content (AvgIpc) is 2.73. The van der Waals surface area contributed by atoms with E-state index in [1.165, 1.54) is 12.1 Å². The highest BCUT2D eigenvalue weighted by atomic mass is 19.1. The zero-order valence-corrected chi connectivity index (χ0v) is 11.3. The third-order valence-corrected chi connectivity index (χ3v) is 3.47. The second kappa shape index (κ2) is 5.54. The van der Waals surface area contributed by atoms with E-state index in [4.69, 9.17) is 10.5 Å². The molecule has 1 atom stereocenters. The van der Waals surface area contributed by atoms with Crippen molar-refractivity contribution < 1.29 is 13.9 Å². The zero-order valence-electron chi connectivity index (χ0n) is 11.3. The maximum Gasteiger partial charge on any atom is 0.248 e. The molecular formula is C16H15FN2O2. The SMILES string of the molecule is NC1C(=O)N(CCOc2ccccc2)c2ccc(F)cc21. The van der Waals surface area contributed by atoms with E-state index in [1.807, 2.05) is 30.3 Å². The molecule has 0 aromatic heterocycles. The standard InChI is InChI=1S/C16H15FN2O2/c17-11-6-7-14-13(10-11)15(18)16(20)19(14)8-9-21-12-4-2-1-3-5-12/h1-7,10,15H,8-9,18H2. The molecule has 2 aromatic carbocycles. The van der Waals surface area contributed by atoms with Crippen LogP contribution in [0.5, 0.6) is 5.75 Å². The first kappa shape index (κ1) is 13.6. The van der Waals surface area contributed by atoms with E-state index in [-0.39, 0.29) is 11.7 Å². The fourth-order valence-corrected chi connectivity index (χ4v) is 2.44. The van der Waals surface area contributed by atoms with Gasteiger partial charge in [0, 0.05) is 11.3 Å². The second-order valence-electron chi connectivity index (χ2n) is 4.83. The van der Waals surface area contributed by atoms with Crippen LogP contribution in [0.2, 0.25) is 0 Å². The van der Waals surface area contributed by atoms with Gasteiger partial charge in [-0.05, 0) is 30.3 Å². The first-order chi connectivity index (χ1) is 10.2. The van der Waals surface area contributed by atoms with Gasteiger partial charge in [-0.3, -0.25) is 4.79 Å². The van der Waals surface area contributed by atoms with Gasteiger partial charge in [0.25, 0.3) is 0 Å². The van der Waals surface area contributed by atoms with Gasteiger partial charge in [0.15, 0.2) is 0 Å². The van der Waals surface area contributed by atoms with E-state index < -0.39 is 6.04 Å². The minimum atomic E-state index is -0.799. The van der Waals surface area contributed by atoms with Crippen LogP contribution in [0.3, 0.4) is 0 Å². The van der Waals surface area contributed by atoms with Crippen molar-refractivity contribution >= 4 is 11.6 Å². The number of anilines is 1. The molecular weight excluding hydrogens is 271 g/mol. The summed E-state index contributed by atoms with van der Waals surface area (Å²) in [6, 6.07) is 12.8. The summed E-state index contributed by atoms with van der Waals surface area (Å²) >= 11 is 0. The molecule has 0 bridgehead atoms. The summed E-state index contributed by atoms with van der Waals surface area (Å²) in [5, 5.41) is 0. The first-order valence-electron chi connectivity index (χ1n) is 6.71. The summed E-state index contributed by atoms with van der Waals surface area (Å²) in [4.78, 5) is 13.7. The Kier molecular flexibility index (Phi) is 3.58. The van der Waals surface area contributed by atoms with E-state index in [9.17, 15) is 9.18 Å². The molecule has 1 aliphatic heterocycles. The molecule has 1 unspecified atom stereocenters. The van der Waals surface area contributed by atoms with Gasteiger partial charge in [0.1, 0.15) is 24.2 Å². The van der Waals surface area contributed by atoms with E-state index in [0.717, 1.165) is 5.75 Å². The van der Waals surface area contributed by atoms with Crippen LogP contribution < -0.4 is 15.4 Å². The van der Waals surface area contributed by atoms with E-state index in [0.29, 0.717) is 24.4 Å². The molecule has 1 aliphatic rings. The number of fused-ring (bicyclic) bond motifs is 1. The summed E-state index contributed by atoms with van der Waals surface area (Å²) in [6.07, 6.45) is 0. The Morgan fingerprint density at radius 2 is 1.95 bits per heavy atom. The van der Waals surface area contributed by atoms with Crippen molar-refractivity contribution in [2.24, 2.45) is 5.73 Å². The molecule has 1 heterocycles. The van der Waals surface area contributed by atoms with Crippen LogP contribution in [0.15, 0.2) is 48.5 Å². The van der Waals surface area contributed by atoms with Crippen molar-refractivity contribution in [1.29, 1.82) is 0 Å². The van der Waals surface area contributed by atoms with E-state index >= 15 is 0 Å². The average molecular weight is 286 g/mol. The molecule has 2 N–H and O–H groups in total. The summed E-state index contributed by atoms with van der Waals surface area (Å²) < 4.78 is 18.8. The lowest BCUT2D eigenvalue weighted by Crippen LogP contribution is -2.34. The molecule has 0 spiro atoms. The number of halogens is 1. The Morgan fingerprint density at radius 1 is 1.19 bits per heavy atom. The van der Waals surface area contributed by atoms with Crippen molar-refractivity contribution in [2.75, 3.05) is 18.1 Å². The van der Waals surface area contributed by atoms with Crippen LogP contribution >= 0.6 is 0 Å². The van der Waals surface area contributed by atoms with Gasteiger partial charge in [-0.1, -0.05) is 18.2 Å². The first-order valence-corrected chi connectivity index (χ1v) is 6.71. The zero-order chi connectivity index (χ0) is 14.8. The lowest BCUT2D eigenvalue weighted by atomic mass is 10.1. The normalized spacial score (nSPS) is 17.0. The van der Waals surface area contributed by atoms with Crippen molar-refractivity contribution in [3.63, 3.8) is 0 Å². The fourth-order valence-electron chi connectivity index (χ4n) is 2.44. The quantitative estimate of drug-likeness (QED) is 0.938. The highest BCUT2D eigenvalue weighted by Crippen LogP contribution is 2.34. The number of amides is 1. The van der Waals surface area contributed by atoms with Crippen molar-refractivity contribution in [2.45, 2.75) is 6.04 Å². The number of carbonyl (C=O) groups is 1. The number of carbonyl (C=O) groups excluding carboxylic acids is 1. The van der Waals surface area contributed by atoms with Crippen LogP contribution in [0.1, 0.15) is 11.6 Å². The largest absolute Gasteiger partial charge is 0.492 e. The summed E-state index contributed by atoms with van der Waals surface area (Å²) in [5.41, 5.74) is 7.02. The third-order valence-electron chi connectivity index (χ3n) is 3.47. The number of nitrogens with zero attached hydrogens (tertiary/aromatic N) is 1. The predicted molar refractivity (Wildman–Crippen MR) is 77.6 cm³/mol. The Morgan fingerprint density at radius 3 is 2.71 bits per heavy atom. The van der Waals surface area contributed by atoms with Crippen molar-refractivity contribution in [1.82, 2.24) is 0 Å². The molecule has 21 heavy (non-hydrogen) atoms. The van der Waals surface area contributed by atoms with Crippen LogP contribution in [0, 0.1) is 5.82 Å². The number of rotatable bonds is 4. The van der Waals surface area contributed by atoms with Gasteiger partial charge in [0.2, 0.25) is 5.91 Å². The van der Waals surface area contributed by atoms with Crippen LogP contribution in [-0.4, -0.2) is 19.1 Å². The van der Waals surface area contributed by atoms with Crippen molar-refractivity contribution in [3.8, 4) is 5.75 Å². The minimum Gasteiger partial charge on any atom is -0.492 e. The van der Waals surface area contributed by atoms with Gasteiger partial charge >= 0.3 is 0 Å². The molecule has 0 saturated heterocycles. The van der Waals surface area contributed by atoms with Gasteiger partial charge in [-0.2, -0.15) is 0 Å². The maximum absolute atomic E-state index is 13.3. The van der Waals surface area contributed by atoms with E-state index in [2.05, 4.69) is 0 Å². The second-order valence-corrected chi connectivity index (χ2v) is 4.83. The topological polar surface area (TPSA) is 55.6 Å². The number of para-hydroxylation sites is 1. The van der Waals surface area contributed by atoms with Crippen LogP contribution in [-0.2, 0) is 4.79 Å². The molecule has 0 fully saturated rings. The predicted octanol–water partition coefficient (Wildman–Crippen LogP) is 2.25. The molecule has 2 aromatic rings. The molecule has 0 radical (unpaired) electrons. The van der Waals surface area contributed by atoms with Gasteiger partial charge < -0.3 is 15.4 Å². The Balaban J connectivity index is 1.70. The third kappa shape index (κ3) is 2.60. The van der Waals surface area contributed by atoms with Gasteiger partial charge in [-0.25, -0.2) is 4.39 Å². The number of hydrogen-bond donors (Lipinski definition) is 1. The molecule has 1 amide bonds. The maximum atomic E-state index is 13.3. The Labute approximate surface area is 121 Å². The van der Waals surface area contributed by atoms with Crippen molar-refractivity contribution in [3.05, 3.63) is 59.9 Å². The molecule has 108 valence electrons. The smallest absolute Gasteiger partial charge is 0.248 e. The summed E-state index contributed by atoms with van der Waals surface area (Å²) in [7, 11) is 0. The number of nitrogens with two attached hydrogens (primary N) is 1. The molecule has 5 heteroatoms. The molecule has 0 saturated carbocycles. The summed E-state index contributed by atoms with van der Waals surface area (Å²) in [6.45, 7) is 0.722. The highest BCUT2D eigenvalue weighted by molar-refractivity contribution is 6.04. The van der Waals surface area contributed by atoms with Gasteiger partial charge in [-0.15, -0.1) is 0 Å². The fraction of sp³-hybridized carbons (Fsp3) is 0.188. The highest BCUT2D eigenvalue weighted by Gasteiger charge is 2.34. The monoisotopic (exact) mass is 286 g/mol. The lowest BCUT2D eigenvalue weighted by molar-refractivity contribution is -0.119. The molecule has 3 rings (SSSR count). The minimum absolute atomic E-state index is 0.229. The lowest BCUT2D eigenvalue weighted by Gasteiger charge is -2.17. The Hall–Kier alpha value is -2.40. The van der Waals surface area contributed by atoms with Gasteiger partial charge in [0.05, 0.1) is 6.54 Å². The van der Waals surface area contributed by atoms with E-state index in [1.54, 1.807) is 11.0 Å². The summed E-state index contributed by atoms with van der Waals surface area (Å²) in [5.74, 6) is 0.124. The van der Waals surface area contributed by atoms with Crippen LogP contribution in [0.4, 0.5) is 10.1 Å². The Bertz CT molecular complexity index is 661. The number of hydrogen-bond acceptors (Lipinski definition) is 3. The molecule has 0 aliphatic carbocycles. The number of ether oxygens (including phenoxy) is 1. The van der Waals surface area contributed by atoms with Crippen LogP contribution in [0.25, 0.3) is 0 Å². The molecule has 4 nitrogen and oxygen atoms in total.